The summed E-state index contributed by atoms with van der Waals surface area (Å²) in [5.41, 5.74) is 10.2. The highest BCUT2D eigenvalue weighted by atomic mass is 16.5. The molecule has 0 saturated carbocycles. The Morgan fingerprint density at radius 1 is 1.24 bits per heavy atom. The van der Waals surface area contributed by atoms with Crippen LogP contribution in [-0.4, -0.2) is 46.6 Å². The first-order chi connectivity index (χ1) is 16.4. The number of hydrogen-bond acceptors (Lipinski definition) is 7. The standard InChI is InChI=1S/C25H28N4O5/c1-16(23(30)28-32)29-12-11-25(26,24(29)31)18-7-9-20(10-8-18)34-14-17-13-19(15-33-2)27-22-6-4-3-5-21(17)22/h3-10,13,16,32H,11-12,14-15,26H2,1-2H3,(H,28,30). The molecule has 1 aliphatic rings. The number of hydroxylamine groups is 1. The molecule has 2 atom stereocenters. The molecule has 2 heterocycles. The first kappa shape index (κ1) is 23.6. The summed E-state index contributed by atoms with van der Waals surface area (Å²) in [5.74, 6) is -0.373. The third-order valence-corrected chi connectivity index (χ3v) is 6.26. The number of methoxy groups -OCH3 is 1. The minimum absolute atomic E-state index is 0.321. The Hall–Kier alpha value is -3.53. The summed E-state index contributed by atoms with van der Waals surface area (Å²) in [5, 5.41) is 9.88. The molecule has 2 unspecified atom stereocenters. The normalized spacial score (nSPS) is 18.8. The molecule has 0 aliphatic carbocycles. The molecular formula is C25H28N4O5. The molecule has 1 aromatic heterocycles. The molecule has 0 spiro atoms. The van der Waals surface area contributed by atoms with Crippen LogP contribution in [0.1, 0.15) is 30.2 Å². The minimum Gasteiger partial charge on any atom is -0.489 e. The van der Waals surface area contributed by atoms with Crippen LogP contribution in [-0.2, 0) is 33.1 Å². The van der Waals surface area contributed by atoms with Crippen molar-refractivity contribution in [2.75, 3.05) is 13.7 Å². The number of fused-ring (bicyclic) bond motifs is 1. The third-order valence-electron chi connectivity index (χ3n) is 6.26. The molecule has 4 N–H and O–H groups in total. The number of pyridine rings is 1. The highest BCUT2D eigenvalue weighted by Crippen LogP contribution is 2.33. The number of amides is 2. The molecule has 3 aromatic rings. The summed E-state index contributed by atoms with van der Waals surface area (Å²) in [6.07, 6.45) is 0.361. The number of carbonyl (C=O) groups is 2. The lowest BCUT2D eigenvalue weighted by atomic mass is 9.89. The predicted molar refractivity (Wildman–Crippen MR) is 125 cm³/mol. The monoisotopic (exact) mass is 464 g/mol. The van der Waals surface area contributed by atoms with Crippen molar-refractivity contribution in [3.8, 4) is 5.75 Å². The smallest absolute Gasteiger partial charge is 0.265 e. The topological polar surface area (TPSA) is 127 Å². The van der Waals surface area contributed by atoms with Crippen LogP contribution < -0.4 is 16.0 Å². The van der Waals surface area contributed by atoms with Gasteiger partial charge in [0.1, 0.15) is 23.9 Å². The van der Waals surface area contributed by atoms with Gasteiger partial charge in [0.2, 0.25) is 5.91 Å². The largest absolute Gasteiger partial charge is 0.489 e. The predicted octanol–water partition coefficient (Wildman–Crippen LogP) is 2.24. The van der Waals surface area contributed by atoms with E-state index in [1.165, 1.54) is 4.90 Å². The highest BCUT2D eigenvalue weighted by molar-refractivity contribution is 5.94. The Kier molecular flexibility index (Phi) is 6.78. The second kappa shape index (κ2) is 9.76. The van der Waals surface area contributed by atoms with Crippen molar-refractivity contribution in [2.45, 2.75) is 38.1 Å². The molecule has 9 heteroatoms. The fraction of sp³-hybridized carbons (Fsp3) is 0.320. The van der Waals surface area contributed by atoms with Crippen LogP contribution >= 0.6 is 0 Å². The Balaban J connectivity index is 1.49. The molecule has 1 fully saturated rings. The van der Waals surface area contributed by atoms with E-state index in [0.29, 0.717) is 37.5 Å². The van der Waals surface area contributed by atoms with Crippen molar-refractivity contribution in [2.24, 2.45) is 5.73 Å². The van der Waals surface area contributed by atoms with Crippen molar-refractivity contribution in [3.05, 3.63) is 71.4 Å². The Labute approximate surface area is 197 Å². The number of aromatic nitrogens is 1. The molecule has 9 nitrogen and oxygen atoms in total. The van der Waals surface area contributed by atoms with E-state index >= 15 is 0 Å². The van der Waals surface area contributed by atoms with Gasteiger partial charge < -0.3 is 20.1 Å². The fourth-order valence-electron chi connectivity index (χ4n) is 4.29. The zero-order chi connectivity index (χ0) is 24.3. The van der Waals surface area contributed by atoms with Gasteiger partial charge in [-0.2, -0.15) is 0 Å². The first-order valence-electron chi connectivity index (χ1n) is 11.0. The number of ether oxygens (including phenoxy) is 2. The van der Waals surface area contributed by atoms with Gasteiger partial charge >= 0.3 is 0 Å². The summed E-state index contributed by atoms with van der Waals surface area (Å²) in [6, 6.07) is 16.1. The van der Waals surface area contributed by atoms with Gasteiger partial charge in [0.15, 0.2) is 0 Å². The molecule has 34 heavy (non-hydrogen) atoms. The molecule has 1 saturated heterocycles. The van der Waals surface area contributed by atoms with E-state index in [1.807, 2.05) is 30.3 Å². The summed E-state index contributed by atoms with van der Waals surface area (Å²) in [6.45, 7) is 2.62. The molecule has 2 aromatic carbocycles. The Morgan fingerprint density at radius 3 is 2.68 bits per heavy atom. The number of para-hydroxylation sites is 1. The van der Waals surface area contributed by atoms with Gasteiger partial charge in [-0.3, -0.25) is 19.8 Å². The average Bonchev–Trinajstić information content (AvgIpc) is 3.17. The van der Waals surface area contributed by atoms with Crippen molar-refractivity contribution >= 4 is 22.7 Å². The summed E-state index contributed by atoms with van der Waals surface area (Å²) in [4.78, 5) is 30.7. The second-order valence-corrected chi connectivity index (χ2v) is 8.41. The van der Waals surface area contributed by atoms with E-state index in [-0.39, 0.29) is 5.91 Å². The lowest BCUT2D eigenvalue weighted by Gasteiger charge is -2.27. The Morgan fingerprint density at radius 2 is 1.97 bits per heavy atom. The van der Waals surface area contributed by atoms with Gasteiger partial charge in [0.25, 0.3) is 5.91 Å². The van der Waals surface area contributed by atoms with E-state index in [0.717, 1.165) is 22.2 Å². The van der Waals surface area contributed by atoms with E-state index in [9.17, 15) is 9.59 Å². The number of carbonyl (C=O) groups excluding carboxylic acids is 2. The van der Waals surface area contributed by atoms with Gasteiger partial charge in [-0.25, -0.2) is 5.48 Å². The van der Waals surface area contributed by atoms with Crippen molar-refractivity contribution in [1.29, 1.82) is 0 Å². The number of nitrogens with two attached hydrogens (primary N) is 1. The molecule has 0 radical (unpaired) electrons. The fourth-order valence-corrected chi connectivity index (χ4v) is 4.29. The number of nitrogens with one attached hydrogen (secondary N) is 1. The van der Waals surface area contributed by atoms with E-state index in [1.54, 1.807) is 43.8 Å². The second-order valence-electron chi connectivity index (χ2n) is 8.41. The summed E-state index contributed by atoms with van der Waals surface area (Å²) >= 11 is 0. The number of likely N-dealkylation sites (tertiary alicyclic amines) is 1. The van der Waals surface area contributed by atoms with Gasteiger partial charge in [-0.15, -0.1) is 0 Å². The maximum absolute atomic E-state index is 13.0. The third kappa shape index (κ3) is 4.45. The zero-order valence-corrected chi connectivity index (χ0v) is 19.2. The number of rotatable bonds is 8. The molecule has 1 aliphatic heterocycles. The quantitative estimate of drug-likeness (QED) is 0.345. The molecule has 4 rings (SSSR count). The lowest BCUT2D eigenvalue weighted by Crippen LogP contribution is -2.50. The van der Waals surface area contributed by atoms with Crippen LogP contribution in [0.4, 0.5) is 0 Å². The Bertz CT molecular complexity index is 1200. The van der Waals surface area contributed by atoms with Crippen LogP contribution in [0, 0.1) is 0 Å². The van der Waals surface area contributed by atoms with Crippen molar-refractivity contribution in [1.82, 2.24) is 15.4 Å². The van der Waals surface area contributed by atoms with Crippen LogP contribution in [0.25, 0.3) is 10.9 Å². The van der Waals surface area contributed by atoms with Crippen LogP contribution in [0.2, 0.25) is 0 Å². The maximum atomic E-state index is 13.0. The first-order valence-corrected chi connectivity index (χ1v) is 11.0. The maximum Gasteiger partial charge on any atom is 0.265 e. The van der Waals surface area contributed by atoms with E-state index in [2.05, 4.69) is 4.98 Å². The van der Waals surface area contributed by atoms with Crippen LogP contribution in [0.3, 0.4) is 0 Å². The molecule has 178 valence electrons. The molecule has 2 amide bonds. The van der Waals surface area contributed by atoms with Crippen LogP contribution in [0.5, 0.6) is 5.75 Å². The van der Waals surface area contributed by atoms with Crippen molar-refractivity contribution in [3.63, 3.8) is 0 Å². The summed E-state index contributed by atoms with van der Waals surface area (Å²) in [7, 11) is 1.63. The number of nitrogens with zero attached hydrogens (tertiary/aromatic N) is 2. The van der Waals surface area contributed by atoms with Gasteiger partial charge in [0, 0.05) is 24.6 Å². The zero-order valence-electron chi connectivity index (χ0n) is 19.2. The van der Waals surface area contributed by atoms with Gasteiger partial charge in [-0.1, -0.05) is 30.3 Å². The SMILES string of the molecule is COCc1cc(COc2ccc(C3(N)CCN(C(C)C(=O)NO)C3=O)cc2)c2ccccc2n1. The molecular weight excluding hydrogens is 436 g/mol. The van der Waals surface area contributed by atoms with E-state index < -0.39 is 17.5 Å². The molecule has 0 bridgehead atoms. The number of benzene rings is 2. The van der Waals surface area contributed by atoms with E-state index in [4.69, 9.17) is 20.4 Å². The van der Waals surface area contributed by atoms with Crippen LogP contribution in [0.15, 0.2) is 54.6 Å². The summed E-state index contributed by atoms with van der Waals surface area (Å²) < 4.78 is 11.3. The lowest BCUT2D eigenvalue weighted by molar-refractivity contribution is -0.143. The van der Waals surface area contributed by atoms with Gasteiger partial charge in [-0.05, 0) is 43.2 Å². The van der Waals surface area contributed by atoms with Crippen molar-refractivity contribution < 1.29 is 24.3 Å². The highest BCUT2D eigenvalue weighted by Gasteiger charge is 2.47. The average molecular weight is 465 g/mol. The minimum atomic E-state index is -1.24. The number of hydrogen-bond donors (Lipinski definition) is 3. The van der Waals surface area contributed by atoms with Gasteiger partial charge in [0.05, 0.1) is 17.8 Å².